The predicted octanol–water partition coefficient (Wildman–Crippen LogP) is 1.91. The number of benzene rings is 1. The van der Waals surface area contributed by atoms with Crippen LogP contribution in [0, 0.1) is 5.92 Å². The number of sulfonamides is 1. The number of fused-ring (bicyclic) bond motifs is 1. The quantitative estimate of drug-likeness (QED) is 0.763. The molecule has 3 rings (SSSR count). The highest BCUT2D eigenvalue weighted by Crippen LogP contribution is 2.31. The van der Waals surface area contributed by atoms with Crippen molar-refractivity contribution in [2.75, 3.05) is 13.1 Å². The zero-order valence-corrected chi connectivity index (χ0v) is 16.9. The van der Waals surface area contributed by atoms with Crippen molar-refractivity contribution in [1.82, 2.24) is 9.62 Å². The van der Waals surface area contributed by atoms with Gasteiger partial charge in [-0.15, -0.1) is 12.4 Å². The first-order valence-corrected chi connectivity index (χ1v) is 10.6. The Labute approximate surface area is 166 Å². The fourth-order valence-corrected chi connectivity index (χ4v) is 5.49. The largest absolute Gasteiger partial charge is 0.348 e. The Morgan fingerprint density at radius 3 is 2.56 bits per heavy atom. The Morgan fingerprint density at radius 2 is 1.96 bits per heavy atom. The summed E-state index contributed by atoms with van der Waals surface area (Å²) in [5.41, 5.74) is 6.20. The molecule has 1 aromatic carbocycles. The minimum absolute atomic E-state index is 0. The van der Waals surface area contributed by atoms with Crippen LogP contribution < -0.4 is 11.1 Å². The maximum absolute atomic E-state index is 12.6. The van der Waals surface area contributed by atoms with Crippen LogP contribution in [-0.2, 0) is 10.0 Å². The van der Waals surface area contributed by atoms with E-state index in [1.54, 1.807) is 6.92 Å². The van der Waals surface area contributed by atoms with E-state index < -0.39 is 15.9 Å². The summed E-state index contributed by atoms with van der Waals surface area (Å²) in [6, 6.07) is 4.08. The molecular formula is C18H26ClN3O4S. The van der Waals surface area contributed by atoms with Crippen molar-refractivity contribution in [1.29, 1.82) is 0 Å². The number of hydrogen-bond donors (Lipinski definition) is 2. The molecule has 27 heavy (non-hydrogen) atoms. The molecule has 0 spiro atoms. The molecule has 1 aromatic rings. The second-order valence-electron chi connectivity index (χ2n) is 6.90. The van der Waals surface area contributed by atoms with E-state index in [0.29, 0.717) is 12.5 Å². The SMILES string of the molecule is CCN1C(=O)c2ccc(C(=O)NC(CN)C3CCCCC3)cc2S1(=O)=O.Cl. The van der Waals surface area contributed by atoms with Crippen molar-refractivity contribution in [2.24, 2.45) is 11.7 Å². The monoisotopic (exact) mass is 415 g/mol. The first-order valence-electron chi connectivity index (χ1n) is 9.12. The molecule has 0 saturated heterocycles. The van der Waals surface area contributed by atoms with E-state index in [1.165, 1.54) is 24.6 Å². The Bertz CT molecular complexity index is 822. The van der Waals surface area contributed by atoms with Gasteiger partial charge in [0.15, 0.2) is 0 Å². The van der Waals surface area contributed by atoms with Gasteiger partial charge in [-0.25, -0.2) is 12.7 Å². The minimum atomic E-state index is -3.88. The van der Waals surface area contributed by atoms with Gasteiger partial charge in [-0.3, -0.25) is 9.59 Å². The van der Waals surface area contributed by atoms with Crippen molar-refractivity contribution in [3.05, 3.63) is 29.3 Å². The van der Waals surface area contributed by atoms with Gasteiger partial charge in [-0.05, 0) is 43.9 Å². The van der Waals surface area contributed by atoms with Gasteiger partial charge in [0.2, 0.25) is 0 Å². The summed E-state index contributed by atoms with van der Waals surface area (Å²) in [7, 11) is -3.88. The lowest BCUT2D eigenvalue weighted by Crippen LogP contribution is -2.45. The summed E-state index contributed by atoms with van der Waals surface area (Å²) < 4.78 is 25.8. The van der Waals surface area contributed by atoms with Crippen LogP contribution in [0.3, 0.4) is 0 Å². The topological polar surface area (TPSA) is 110 Å². The van der Waals surface area contributed by atoms with E-state index >= 15 is 0 Å². The van der Waals surface area contributed by atoms with Crippen LogP contribution in [0.15, 0.2) is 23.1 Å². The van der Waals surface area contributed by atoms with E-state index in [1.807, 2.05) is 0 Å². The Balaban J connectivity index is 0.00000261. The maximum Gasteiger partial charge on any atom is 0.268 e. The second-order valence-corrected chi connectivity index (χ2v) is 8.73. The van der Waals surface area contributed by atoms with Gasteiger partial charge in [0.1, 0.15) is 4.90 Å². The van der Waals surface area contributed by atoms with E-state index in [4.69, 9.17) is 5.73 Å². The molecule has 1 aliphatic carbocycles. The zero-order valence-electron chi connectivity index (χ0n) is 15.3. The standard InChI is InChI=1S/C18H25N3O4S.ClH/c1-2-21-18(23)14-9-8-13(10-16(14)26(21,24)25)17(22)20-15(11-19)12-6-4-3-5-7-12;/h8-10,12,15H,2-7,11,19H2,1H3,(H,20,22);1H. The number of carbonyl (C=O) groups excluding carboxylic acids is 2. The number of halogens is 1. The summed E-state index contributed by atoms with van der Waals surface area (Å²) in [5.74, 6) is -0.545. The highest BCUT2D eigenvalue weighted by Gasteiger charge is 2.40. The lowest BCUT2D eigenvalue weighted by molar-refractivity contribution is 0.0872. The number of nitrogens with zero attached hydrogens (tertiary/aromatic N) is 1. The van der Waals surface area contributed by atoms with Crippen molar-refractivity contribution in [2.45, 2.75) is 50.0 Å². The smallest absolute Gasteiger partial charge is 0.268 e. The molecule has 0 aromatic heterocycles. The van der Waals surface area contributed by atoms with Crippen LogP contribution in [0.5, 0.6) is 0 Å². The van der Waals surface area contributed by atoms with E-state index in [0.717, 1.165) is 30.0 Å². The summed E-state index contributed by atoms with van der Waals surface area (Å²) in [5, 5.41) is 2.95. The van der Waals surface area contributed by atoms with Crippen LogP contribution in [0.25, 0.3) is 0 Å². The molecule has 9 heteroatoms. The third-order valence-electron chi connectivity index (χ3n) is 5.35. The highest BCUT2D eigenvalue weighted by molar-refractivity contribution is 7.90. The van der Waals surface area contributed by atoms with Crippen LogP contribution in [0.4, 0.5) is 0 Å². The third kappa shape index (κ3) is 3.97. The fraction of sp³-hybridized carbons (Fsp3) is 0.556. The maximum atomic E-state index is 12.6. The summed E-state index contributed by atoms with van der Waals surface area (Å²) >= 11 is 0. The predicted molar refractivity (Wildman–Crippen MR) is 104 cm³/mol. The molecule has 3 N–H and O–H groups in total. The highest BCUT2D eigenvalue weighted by atomic mass is 35.5. The van der Waals surface area contributed by atoms with Crippen molar-refractivity contribution < 1.29 is 18.0 Å². The summed E-state index contributed by atoms with van der Waals surface area (Å²) in [6.07, 6.45) is 5.58. The number of hydrogen-bond acceptors (Lipinski definition) is 5. The van der Waals surface area contributed by atoms with E-state index in [-0.39, 0.29) is 46.9 Å². The molecule has 1 unspecified atom stereocenters. The first kappa shape index (κ1) is 21.7. The van der Waals surface area contributed by atoms with Gasteiger partial charge >= 0.3 is 0 Å². The molecule has 150 valence electrons. The average molecular weight is 416 g/mol. The molecule has 1 aliphatic heterocycles. The minimum Gasteiger partial charge on any atom is -0.348 e. The molecular weight excluding hydrogens is 390 g/mol. The summed E-state index contributed by atoms with van der Waals surface area (Å²) in [6.45, 7) is 2.01. The Kier molecular flexibility index (Phi) is 6.88. The van der Waals surface area contributed by atoms with Gasteiger partial charge in [-0.2, -0.15) is 0 Å². The van der Waals surface area contributed by atoms with Gasteiger partial charge in [0.25, 0.3) is 21.8 Å². The van der Waals surface area contributed by atoms with Crippen molar-refractivity contribution in [3.8, 4) is 0 Å². The number of nitrogens with one attached hydrogen (secondary N) is 1. The molecule has 1 heterocycles. The normalized spacial score (nSPS) is 19.9. The molecule has 1 atom stereocenters. The van der Waals surface area contributed by atoms with Crippen LogP contribution >= 0.6 is 12.4 Å². The van der Waals surface area contributed by atoms with Gasteiger partial charge in [-0.1, -0.05) is 19.3 Å². The lowest BCUT2D eigenvalue weighted by Gasteiger charge is -2.30. The molecule has 1 saturated carbocycles. The summed E-state index contributed by atoms with van der Waals surface area (Å²) in [4.78, 5) is 24.7. The number of carbonyl (C=O) groups is 2. The van der Waals surface area contributed by atoms with Crippen LogP contribution in [0.2, 0.25) is 0 Å². The zero-order chi connectivity index (χ0) is 18.9. The molecule has 1 fully saturated rings. The Morgan fingerprint density at radius 1 is 1.30 bits per heavy atom. The van der Waals surface area contributed by atoms with Crippen molar-refractivity contribution >= 4 is 34.2 Å². The molecule has 7 nitrogen and oxygen atoms in total. The molecule has 2 aliphatic rings. The Hall–Kier alpha value is -1.64. The van der Waals surface area contributed by atoms with Gasteiger partial charge in [0, 0.05) is 24.7 Å². The molecule has 0 radical (unpaired) electrons. The van der Waals surface area contributed by atoms with E-state index in [9.17, 15) is 18.0 Å². The van der Waals surface area contributed by atoms with E-state index in [2.05, 4.69) is 5.32 Å². The van der Waals surface area contributed by atoms with Crippen LogP contribution in [-0.4, -0.2) is 43.7 Å². The third-order valence-corrected chi connectivity index (χ3v) is 7.24. The number of nitrogens with two attached hydrogens (primary N) is 1. The van der Waals surface area contributed by atoms with Gasteiger partial charge in [0.05, 0.1) is 5.56 Å². The first-order chi connectivity index (χ1) is 12.4. The fourth-order valence-electron chi connectivity index (χ4n) is 3.89. The van der Waals surface area contributed by atoms with Crippen LogP contribution in [0.1, 0.15) is 59.7 Å². The second kappa shape index (κ2) is 8.58. The van der Waals surface area contributed by atoms with Gasteiger partial charge < -0.3 is 11.1 Å². The number of rotatable bonds is 5. The van der Waals surface area contributed by atoms with Crippen molar-refractivity contribution in [3.63, 3.8) is 0 Å². The average Bonchev–Trinajstić information content (AvgIpc) is 2.85. The lowest BCUT2D eigenvalue weighted by atomic mass is 9.84. The molecule has 2 amide bonds. The number of amides is 2. The molecule has 0 bridgehead atoms.